The highest BCUT2D eigenvalue weighted by molar-refractivity contribution is 4.92. The monoisotopic (exact) mass is 188 g/mol. The molecule has 0 amide bonds. The summed E-state index contributed by atoms with van der Waals surface area (Å²) in [6.07, 6.45) is -0.640. The lowest BCUT2D eigenvalue weighted by Gasteiger charge is -2.22. The zero-order valence-electron chi connectivity index (χ0n) is 8.19. The van der Waals surface area contributed by atoms with E-state index in [1.165, 1.54) is 0 Å². The number of fused-ring (bicyclic) bond motifs is 1. The maximum absolute atomic E-state index is 9.76. The molecule has 4 atom stereocenters. The van der Waals surface area contributed by atoms with Crippen LogP contribution in [-0.4, -0.2) is 35.5 Å². The lowest BCUT2D eigenvalue weighted by atomic mass is 10.1. The Labute approximate surface area is 77.8 Å². The van der Waals surface area contributed by atoms with Crippen molar-refractivity contribution >= 4 is 0 Å². The minimum absolute atomic E-state index is 0.147. The molecular weight excluding hydrogens is 172 g/mol. The molecule has 4 nitrogen and oxygen atoms in total. The molecule has 2 fully saturated rings. The van der Waals surface area contributed by atoms with Gasteiger partial charge in [0.1, 0.15) is 12.2 Å². The summed E-state index contributed by atoms with van der Waals surface area (Å²) in [7, 11) is 0. The van der Waals surface area contributed by atoms with Crippen LogP contribution in [0.1, 0.15) is 27.2 Å². The molecule has 0 radical (unpaired) electrons. The fraction of sp³-hybridized carbons (Fsp3) is 1.00. The minimum Gasteiger partial charge on any atom is -0.387 e. The standard InChI is InChI=1S/C9H16O4/c1-4-5-6(10)7-8(11-5)13-9(2,3)12-7/h5-8,10H,4H2,1-3H3/t5-,6+,7?,8-/m1/s1. The Morgan fingerprint density at radius 3 is 2.54 bits per heavy atom. The van der Waals surface area contributed by atoms with Crippen LogP contribution in [0.4, 0.5) is 0 Å². The molecule has 2 rings (SSSR count). The second-order valence-corrected chi connectivity index (χ2v) is 4.04. The summed E-state index contributed by atoms with van der Waals surface area (Å²) in [4.78, 5) is 0. The average Bonchev–Trinajstić information content (AvgIpc) is 2.47. The summed E-state index contributed by atoms with van der Waals surface area (Å²) in [5.41, 5.74) is 0. The van der Waals surface area contributed by atoms with Crippen LogP contribution in [0.2, 0.25) is 0 Å². The van der Waals surface area contributed by atoms with Gasteiger partial charge in [-0.2, -0.15) is 0 Å². The third kappa shape index (κ3) is 1.48. The first-order valence-electron chi connectivity index (χ1n) is 4.72. The number of hydrogen-bond donors (Lipinski definition) is 1. The molecule has 1 unspecified atom stereocenters. The lowest BCUT2D eigenvalue weighted by Crippen LogP contribution is -2.34. The highest BCUT2D eigenvalue weighted by Crippen LogP contribution is 2.37. The minimum atomic E-state index is -0.630. The predicted molar refractivity (Wildman–Crippen MR) is 45.0 cm³/mol. The van der Waals surface area contributed by atoms with Crippen LogP contribution < -0.4 is 0 Å². The second kappa shape index (κ2) is 2.92. The van der Waals surface area contributed by atoms with Gasteiger partial charge in [-0.15, -0.1) is 0 Å². The van der Waals surface area contributed by atoms with Crippen molar-refractivity contribution < 1.29 is 19.3 Å². The molecule has 0 bridgehead atoms. The topological polar surface area (TPSA) is 47.9 Å². The molecule has 76 valence electrons. The Morgan fingerprint density at radius 2 is 2.00 bits per heavy atom. The van der Waals surface area contributed by atoms with E-state index < -0.39 is 18.2 Å². The molecule has 13 heavy (non-hydrogen) atoms. The van der Waals surface area contributed by atoms with E-state index in [1.54, 1.807) is 0 Å². The van der Waals surface area contributed by atoms with Crippen molar-refractivity contribution in [3.05, 3.63) is 0 Å². The summed E-state index contributed by atoms with van der Waals surface area (Å²) >= 11 is 0. The van der Waals surface area contributed by atoms with Gasteiger partial charge >= 0.3 is 0 Å². The molecule has 0 spiro atoms. The lowest BCUT2D eigenvalue weighted by molar-refractivity contribution is -0.214. The van der Waals surface area contributed by atoms with E-state index in [4.69, 9.17) is 14.2 Å². The average molecular weight is 188 g/mol. The van der Waals surface area contributed by atoms with Gasteiger partial charge in [-0.1, -0.05) is 6.92 Å². The summed E-state index contributed by atoms with van der Waals surface area (Å²) in [5, 5.41) is 9.76. The Hall–Kier alpha value is -0.160. The number of aliphatic hydroxyl groups is 1. The van der Waals surface area contributed by atoms with Crippen molar-refractivity contribution in [2.75, 3.05) is 0 Å². The summed E-state index contributed by atoms with van der Waals surface area (Å²) in [6.45, 7) is 5.62. The van der Waals surface area contributed by atoms with E-state index in [1.807, 2.05) is 20.8 Å². The molecule has 1 N–H and O–H groups in total. The van der Waals surface area contributed by atoms with Gasteiger partial charge in [0.25, 0.3) is 0 Å². The molecule has 0 aliphatic carbocycles. The van der Waals surface area contributed by atoms with Crippen LogP contribution in [0.25, 0.3) is 0 Å². The largest absolute Gasteiger partial charge is 0.387 e. The van der Waals surface area contributed by atoms with E-state index in [0.29, 0.717) is 0 Å². The number of ether oxygens (including phenoxy) is 3. The van der Waals surface area contributed by atoms with Crippen molar-refractivity contribution in [3.8, 4) is 0 Å². The Bertz CT molecular complexity index is 204. The molecule has 2 saturated heterocycles. The first-order valence-corrected chi connectivity index (χ1v) is 4.72. The molecule has 0 aromatic carbocycles. The third-order valence-electron chi connectivity index (χ3n) is 2.52. The van der Waals surface area contributed by atoms with Gasteiger partial charge in [0, 0.05) is 0 Å². The maximum Gasteiger partial charge on any atom is 0.190 e. The SMILES string of the molecule is CC[C@H]1O[C@@H]2OC(C)(C)OC2[C@H]1O. The van der Waals surface area contributed by atoms with Gasteiger partial charge in [-0.3, -0.25) is 0 Å². The van der Waals surface area contributed by atoms with E-state index in [0.717, 1.165) is 6.42 Å². The van der Waals surface area contributed by atoms with Crippen LogP contribution in [0.5, 0.6) is 0 Å². The van der Waals surface area contributed by atoms with Crippen LogP contribution in [-0.2, 0) is 14.2 Å². The van der Waals surface area contributed by atoms with Gasteiger partial charge < -0.3 is 19.3 Å². The van der Waals surface area contributed by atoms with Crippen molar-refractivity contribution in [1.82, 2.24) is 0 Å². The van der Waals surface area contributed by atoms with Crippen LogP contribution in [0, 0.1) is 0 Å². The fourth-order valence-corrected chi connectivity index (χ4v) is 1.90. The highest BCUT2D eigenvalue weighted by Gasteiger charge is 2.53. The van der Waals surface area contributed by atoms with Crippen LogP contribution >= 0.6 is 0 Å². The summed E-state index contributed by atoms with van der Waals surface area (Å²) in [5.74, 6) is -0.630. The number of hydrogen-bond acceptors (Lipinski definition) is 4. The zero-order valence-corrected chi connectivity index (χ0v) is 8.19. The molecular formula is C9H16O4. The Balaban J connectivity index is 2.07. The third-order valence-corrected chi connectivity index (χ3v) is 2.52. The van der Waals surface area contributed by atoms with Crippen molar-refractivity contribution in [3.63, 3.8) is 0 Å². The van der Waals surface area contributed by atoms with Gasteiger partial charge in [0.2, 0.25) is 0 Å². The highest BCUT2D eigenvalue weighted by atomic mass is 16.8. The molecule has 2 aliphatic rings. The first-order chi connectivity index (χ1) is 6.03. The van der Waals surface area contributed by atoms with Gasteiger partial charge in [0.15, 0.2) is 12.1 Å². The van der Waals surface area contributed by atoms with Crippen LogP contribution in [0.3, 0.4) is 0 Å². The molecule has 0 saturated carbocycles. The van der Waals surface area contributed by atoms with Gasteiger partial charge in [0.05, 0.1) is 6.10 Å². The molecule has 4 heteroatoms. The Morgan fingerprint density at radius 1 is 1.31 bits per heavy atom. The van der Waals surface area contributed by atoms with Crippen molar-refractivity contribution in [1.29, 1.82) is 0 Å². The normalized spacial score (nSPS) is 48.0. The quantitative estimate of drug-likeness (QED) is 0.655. The predicted octanol–water partition coefficient (Wildman–Crippen LogP) is 0.634. The van der Waals surface area contributed by atoms with Crippen molar-refractivity contribution in [2.45, 2.75) is 57.6 Å². The Kier molecular flexibility index (Phi) is 2.11. The van der Waals surface area contributed by atoms with Crippen molar-refractivity contribution in [2.24, 2.45) is 0 Å². The van der Waals surface area contributed by atoms with Gasteiger partial charge in [-0.25, -0.2) is 0 Å². The molecule has 0 aromatic rings. The van der Waals surface area contributed by atoms with E-state index in [2.05, 4.69) is 0 Å². The number of rotatable bonds is 1. The zero-order chi connectivity index (χ0) is 9.64. The van der Waals surface area contributed by atoms with E-state index in [-0.39, 0.29) is 12.2 Å². The van der Waals surface area contributed by atoms with Gasteiger partial charge in [-0.05, 0) is 20.3 Å². The molecule has 0 aromatic heterocycles. The summed E-state index contributed by atoms with van der Waals surface area (Å²) < 4.78 is 16.5. The second-order valence-electron chi connectivity index (χ2n) is 4.04. The van der Waals surface area contributed by atoms with E-state index >= 15 is 0 Å². The number of aliphatic hydroxyl groups excluding tert-OH is 1. The maximum atomic E-state index is 9.76. The smallest absolute Gasteiger partial charge is 0.190 e. The first kappa shape index (κ1) is 9.40. The fourth-order valence-electron chi connectivity index (χ4n) is 1.90. The molecule has 2 aliphatic heterocycles. The summed E-state index contributed by atoms with van der Waals surface area (Å²) in [6, 6.07) is 0. The van der Waals surface area contributed by atoms with E-state index in [9.17, 15) is 5.11 Å². The molecule has 2 heterocycles. The van der Waals surface area contributed by atoms with Crippen LogP contribution in [0.15, 0.2) is 0 Å².